The molecule has 1 heterocycles. The summed E-state index contributed by atoms with van der Waals surface area (Å²) in [7, 11) is 0. The van der Waals surface area contributed by atoms with Gasteiger partial charge in [-0.15, -0.1) is 0 Å². The van der Waals surface area contributed by atoms with Gasteiger partial charge >= 0.3 is 0 Å². The number of para-hydroxylation sites is 1. The van der Waals surface area contributed by atoms with Crippen molar-refractivity contribution in [3.05, 3.63) is 70.3 Å². The summed E-state index contributed by atoms with van der Waals surface area (Å²) in [5.41, 5.74) is 2.59. The van der Waals surface area contributed by atoms with Crippen LogP contribution in [0.15, 0.2) is 54.6 Å². The fraction of sp³-hybridized carbons (Fsp3) is 0.368. The summed E-state index contributed by atoms with van der Waals surface area (Å²) in [6.07, 6.45) is 3.20. The zero-order valence-corrected chi connectivity index (χ0v) is 13.7. The van der Waals surface area contributed by atoms with E-state index in [0.717, 1.165) is 44.5 Å². The Labute approximate surface area is 142 Å². The summed E-state index contributed by atoms with van der Waals surface area (Å²) in [6, 6.07) is 18.0. The number of piperidine rings is 1. The second-order valence-electron chi connectivity index (χ2n) is 6.22. The van der Waals surface area contributed by atoms with Gasteiger partial charge in [0.05, 0.1) is 4.92 Å². The molecule has 1 aliphatic rings. The monoisotopic (exact) mass is 325 g/mol. The van der Waals surface area contributed by atoms with Gasteiger partial charge in [0.25, 0.3) is 5.69 Å². The first kappa shape index (κ1) is 16.5. The molecule has 0 bridgehead atoms. The number of anilines is 1. The molecule has 2 aromatic rings. The average molecular weight is 325 g/mol. The largest absolute Gasteiger partial charge is 0.371 e. The van der Waals surface area contributed by atoms with E-state index in [4.69, 9.17) is 0 Å². The zero-order valence-electron chi connectivity index (χ0n) is 13.7. The van der Waals surface area contributed by atoms with Gasteiger partial charge in [0.15, 0.2) is 0 Å². The number of nitro groups is 1. The predicted octanol–water partition coefficient (Wildman–Crippen LogP) is 3.40. The summed E-state index contributed by atoms with van der Waals surface area (Å²) in [4.78, 5) is 12.7. The zero-order chi connectivity index (χ0) is 16.8. The van der Waals surface area contributed by atoms with Gasteiger partial charge < -0.3 is 10.2 Å². The number of nitrogens with zero attached hydrogens (tertiary/aromatic N) is 2. The van der Waals surface area contributed by atoms with E-state index in [1.54, 1.807) is 12.1 Å². The fourth-order valence-electron chi connectivity index (χ4n) is 3.19. The van der Waals surface area contributed by atoms with Gasteiger partial charge in [-0.25, -0.2) is 0 Å². The van der Waals surface area contributed by atoms with Gasteiger partial charge in [0, 0.05) is 37.0 Å². The highest BCUT2D eigenvalue weighted by Gasteiger charge is 2.18. The van der Waals surface area contributed by atoms with Crippen molar-refractivity contribution in [2.75, 3.05) is 24.5 Å². The Morgan fingerprint density at radius 2 is 1.71 bits per heavy atom. The smallest absolute Gasteiger partial charge is 0.269 e. The van der Waals surface area contributed by atoms with Crippen molar-refractivity contribution in [2.24, 2.45) is 0 Å². The average Bonchev–Trinajstić information content (AvgIpc) is 2.63. The van der Waals surface area contributed by atoms with E-state index in [0.29, 0.717) is 6.04 Å². The van der Waals surface area contributed by atoms with Crippen molar-refractivity contribution in [1.82, 2.24) is 5.32 Å². The highest BCUT2D eigenvalue weighted by atomic mass is 16.6. The Bertz CT molecular complexity index is 650. The lowest BCUT2D eigenvalue weighted by atomic mass is 10.0. The van der Waals surface area contributed by atoms with E-state index >= 15 is 0 Å². The van der Waals surface area contributed by atoms with Crippen molar-refractivity contribution < 1.29 is 4.92 Å². The van der Waals surface area contributed by atoms with Gasteiger partial charge in [-0.1, -0.05) is 30.3 Å². The van der Waals surface area contributed by atoms with E-state index < -0.39 is 0 Å². The van der Waals surface area contributed by atoms with Gasteiger partial charge in [-0.2, -0.15) is 0 Å². The van der Waals surface area contributed by atoms with Crippen LogP contribution in [-0.2, 0) is 6.42 Å². The maximum Gasteiger partial charge on any atom is 0.269 e. The van der Waals surface area contributed by atoms with Crippen LogP contribution in [0.2, 0.25) is 0 Å². The molecule has 0 aromatic heterocycles. The molecule has 0 aliphatic carbocycles. The first-order chi connectivity index (χ1) is 11.7. The molecule has 24 heavy (non-hydrogen) atoms. The van der Waals surface area contributed by atoms with Crippen molar-refractivity contribution in [1.29, 1.82) is 0 Å². The molecule has 126 valence electrons. The molecular formula is C19H23N3O2. The normalized spacial score (nSPS) is 15.4. The van der Waals surface area contributed by atoms with E-state index in [1.807, 2.05) is 12.1 Å². The van der Waals surface area contributed by atoms with Crippen LogP contribution in [0.1, 0.15) is 18.4 Å². The SMILES string of the molecule is O=[N+]([O-])c1ccc(CCNC2CCN(c3ccccc3)CC2)cc1. The molecule has 0 atom stereocenters. The number of nitro benzene ring substituents is 1. The minimum atomic E-state index is -0.359. The van der Waals surface area contributed by atoms with E-state index in [9.17, 15) is 10.1 Å². The van der Waals surface area contributed by atoms with Crippen LogP contribution in [0, 0.1) is 10.1 Å². The first-order valence-electron chi connectivity index (χ1n) is 8.49. The summed E-state index contributed by atoms with van der Waals surface area (Å²) >= 11 is 0. The minimum absolute atomic E-state index is 0.153. The van der Waals surface area contributed by atoms with E-state index in [-0.39, 0.29) is 10.6 Å². The Morgan fingerprint density at radius 3 is 2.33 bits per heavy atom. The lowest BCUT2D eigenvalue weighted by Gasteiger charge is -2.34. The highest BCUT2D eigenvalue weighted by molar-refractivity contribution is 5.46. The summed E-state index contributed by atoms with van der Waals surface area (Å²) < 4.78 is 0. The minimum Gasteiger partial charge on any atom is -0.371 e. The topological polar surface area (TPSA) is 58.4 Å². The molecule has 5 nitrogen and oxygen atoms in total. The van der Waals surface area contributed by atoms with Crippen LogP contribution < -0.4 is 10.2 Å². The van der Waals surface area contributed by atoms with E-state index in [2.05, 4.69) is 40.5 Å². The number of non-ortho nitro benzene ring substituents is 1. The number of hydrogen-bond acceptors (Lipinski definition) is 4. The van der Waals surface area contributed by atoms with Crippen molar-refractivity contribution >= 4 is 11.4 Å². The molecule has 1 saturated heterocycles. The lowest BCUT2D eigenvalue weighted by Crippen LogP contribution is -2.43. The van der Waals surface area contributed by atoms with Gasteiger partial charge in [-0.05, 0) is 43.5 Å². The summed E-state index contributed by atoms with van der Waals surface area (Å²) in [5.74, 6) is 0. The molecule has 0 spiro atoms. The Morgan fingerprint density at radius 1 is 1.04 bits per heavy atom. The number of benzene rings is 2. The van der Waals surface area contributed by atoms with Crippen molar-refractivity contribution in [3.8, 4) is 0 Å². The molecule has 0 amide bonds. The summed E-state index contributed by atoms with van der Waals surface area (Å²) in [6.45, 7) is 3.08. The molecule has 0 radical (unpaired) electrons. The highest BCUT2D eigenvalue weighted by Crippen LogP contribution is 2.19. The van der Waals surface area contributed by atoms with Crippen LogP contribution in [0.5, 0.6) is 0 Å². The molecule has 1 aliphatic heterocycles. The third kappa shape index (κ3) is 4.32. The maximum absolute atomic E-state index is 10.7. The van der Waals surface area contributed by atoms with Crippen LogP contribution in [0.25, 0.3) is 0 Å². The molecule has 1 fully saturated rings. The molecule has 3 rings (SSSR count). The van der Waals surface area contributed by atoms with Crippen LogP contribution in [0.3, 0.4) is 0 Å². The third-order valence-corrected chi connectivity index (χ3v) is 4.61. The quantitative estimate of drug-likeness (QED) is 0.653. The Kier molecular flexibility index (Phi) is 5.43. The second kappa shape index (κ2) is 7.93. The molecular weight excluding hydrogens is 302 g/mol. The summed E-state index contributed by atoms with van der Waals surface area (Å²) in [5, 5.41) is 14.3. The lowest BCUT2D eigenvalue weighted by molar-refractivity contribution is -0.384. The van der Waals surface area contributed by atoms with Crippen LogP contribution >= 0.6 is 0 Å². The standard InChI is InChI=1S/C19H23N3O2/c23-22(24)19-8-6-16(7-9-19)10-13-20-17-11-14-21(15-12-17)18-4-2-1-3-5-18/h1-9,17,20H,10-15H2. The molecule has 0 saturated carbocycles. The van der Waals surface area contributed by atoms with Crippen molar-refractivity contribution in [3.63, 3.8) is 0 Å². The third-order valence-electron chi connectivity index (χ3n) is 4.61. The second-order valence-corrected chi connectivity index (χ2v) is 6.22. The predicted molar refractivity (Wildman–Crippen MR) is 96.5 cm³/mol. The molecule has 5 heteroatoms. The van der Waals surface area contributed by atoms with Crippen LogP contribution in [0.4, 0.5) is 11.4 Å². The van der Waals surface area contributed by atoms with Gasteiger partial charge in [0.2, 0.25) is 0 Å². The first-order valence-corrected chi connectivity index (χ1v) is 8.49. The van der Waals surface area contributed by atoms with E-state index in [1.165, 1.54) is 5.69 Å². The maximum atomic E-state index is 10.7. The molecule has 0 unspecified atom stereocenters. The fourth-order valence-corrected chi connectivity index (χ4v) is 3.19. The van der Waals surface area contributed by atoms with Crippen LogP contribution in [-0.4, -0.2) is 30.6 Å². The Balaban J connectivity index is 1.40. The van der Waals surface area contributed by atoms with Crippen molar-refractivity contribution in [2.45, 2.75) is 25.3 Å². The molecule has 1 N–H and O–H groups in total. The Hall–Kier alpha value is -2.40. The molecule has 2 aromatic carbocycles. The number of hydrogen-bond donors (Lipinski definition) is 1. The number of nitrogens with one attached hydrogen (secondary N) is 1. The number of rotatable bonds is 6. The van der Waals surface area contributed by atoms with Gasteiger partial charge in [-0.3, -0.25) is 10.1 Å². The van der Waals surface area contributed by atoms with Gasteiger partial charge in [0.1, 0.15) is 0 Å².